The second kappa shape index (κ2) is 9.23. The quantitative estimate of drug-likeness (QED) is 0.241. The molecule has 0 rings (SSSR count). The average molecular weight is 400 g/mol. The zero-order chi connectivity index (χ0) is 14.0. The van der Waals surface area contributed by atoms with E-state index in [0.29, 0.717) is 0 Å². The van der Waals surface area contributed by atoms with Crippen molar-refractivity contribution in [1.82, 2.24) is 0 Å². The third-order valence-corrected chi connectivity index (χ3v) is 4.50. The molecule has 0 aliphatic carbocycles. The molecule has 12 nitrogen and oxygen atoms in total. The molecule has 18 heteroatoms. The van der Waals surface area contributed by atoms with Crippen molar-refractivity contribution in [2.75, 3.05) is 0 Å². The van der Waals surface area contributed by atoms with E-state index in [1.54, 1.807) is 0 Å². The Morgan fingerprint density at radius 1 is 0.389 bits per heavy atom. The van der Waals surface area contributed by atoms with Crippen LogP contribution in [-0.2, 0) is 36.6 Å². The van der Waals surface area contributed by atoms with Gasteiger partial charge in [-0.05, 0) is 0 Å². The summed E-state index contributed by atoms with van der Waals surface area (Å²) in [6.07, 6.45) is 0. The zero-order valence-corrected chi connectivity index (χ0v) is 15.6. The molecule has 0 aliphatic rings. The summed E-state index contributed by atoms with van der Waals surface area (Å²) in [7, 11) is -22.7. The second-order valence-corrected chi connectivity index (χ2v) is 9.80. The molecule has 0 saturated carbocycles. The van der Waals surface area contributed by atoms with Gasteiger partial charge in [0, 0.05) is 0 Å². The molecule has 0 saturated heterocycles. The van der Waals surface area contributed by atoms with Crippen LogP contribution in [0.2, 0.25) is 0 Å². The minimum absolute atomic E-state index is 0. The summed E-state index contributed by atoms with van der Waals surface area (Å²) in [6, 6.07) is 0. The van der Waals surface area contributed by atoms with Crippen LogP contribution in [0, 0.1) is 0 Å². The van der Waals surface area contributed by atoms with Gasteiger partial charge in [0.15, 0.2) is 36.6 Å². The molecular weight excluding hydrogens is 400 g/mol. The molecule has 0 atom stereocenters. The van der Waals surface area contributed by atoms with Gasteiger partial charge in [-0.3, -0.25) is 0 Å². The molecule has 0 spiro atoms. The van der Waals surface area contributed by atoms with Gasteiger partial charge in [-0.2, -0.15) is 0 Å². The van der Waals surface area contributed by atoms with Gasteiger partial charge in [0.2, 0.25) is 0 Å². The van der Waals surface area contributed by atoms with Crippen LogP contribution in [0.25, 0.3) is 0 Å². The molecule has 0 aromatic heterocycles. The fourth-order valence-electron chi connectivity index (χ4n) is 0. The maximum Gasteiger partial charge on any atom is 2.00 e. The molecule has 0 aromatic carbocycles. The van der Waals surface area contributed by atoms with Gasteiger partial charge in [-0.25, -0.2) is 33.7 Å². The maximum absolute atomic E-state index is 9.20. The van der Waals surface area contributed by atoms with Crippen LogP contribution in [-0.4, -0.2) is 127 Å². The summed E-state index contributed by atoms with van der Waals surface area (Å²) >= 11 is 0. The number of hydrogen-bond donors (Lipinski definition) is 0. The molecule has 0 aliphatic heterocycles. The molecule has 0 N–H and O–H groups in total. The van der Waals surface area contributed by atoms with Crippen molar-refractivity contribution in [2.24, 2.45) is 0 Å². The Labute approximate surface area is 161 Å². The minimum atomic E-state index is -5.67. The SMILES string of the molecule is O=S(=O)([O-])S(=O)(=O)[O-].O=S(=O)([O-])S(=O)(=O)[O-].[Ca+2].[Ca+2]. The summed E-state index contributed by atoms with van der Waals surface area (Å²) in [5.41, 5.74) is 0. The maximum atomic E-state index is 9.20. The monoisotopic (exact) mass is 400 g/mol. The van der Waals surface area contributed by atoms with E-state index in [1.807, 2.05) is 0 Å². The Morgan fingerprint density at radius 2 is 0.444 bits per heavy atom. The molecule has 0 unspecified atom stereocenters. The van der Waals surface area contributed by atoms with Crippen LogP contribution in [0.3, 0.4) is 0 Å². The van der Waals surface area contributed by atoms with Crippen LogP contribution >= 0.6 is 0 Å². The van der Waals surface area contributed by atoms with E-state index in [0.717, 1.165) is 0 Å². The molecule has 0 bridgehead atoms. The van der Waals surface area contributed by atoms with Crippen LogP contribution < -0.4 is 0 Å². The van der Waals surface area contributed by atoms with Crippen molar-refractivity contribution in [1.29, 1.82) is 0 Å². The fourth-order valence-corrected chi connectivity index (χ4v) is 0. The van der Waals surface area contributed by atoms with Gasteiger partial charge < -0.3 is 18.2 Å². The normalized spacial score (nSPS) is 12.2. The van der Waals surface area contributed by atoms with E-state index in [1.165, 1.54) is 0 Å². The van der Waals surface area contributed by atoms with Crippen LogP contribution in [0.1, 0.15) is 0 Å². The Hall–Kier alpha value is 2.16. The Bertz CT molecular complexity index is 507. The van der Waals surface area contributed by atoms with Gasteiger partial charge in [-0.15, -0.1) is 0 Å². The Morgan fingerprint density at radius 3 is 0.444 bits per heavy atom. The van der Waals surface area contributed by atoms with Crippen molar-refractivity contribution in [3.63, 3.8) is 0 Å². The van der Waals surface area contributed by atoms with Crippen molar-refractivity contribution in [3.05, 3.63) is 0 Å². The average Bonchev–Trinajstić information content (AvgIpc) is 1.77. The van der Waals surface area contributed by atoms with Crippen LogP contribution in [0.5, 0.6) is 0 Å². The number of hydrogen-bond acceptors (Lipinski definition) is 12. The van der Waals surface area contributed by atoms with E-state index in [-0.39, 0.29) is 75.5 Å². The van der Waals surface area contributed by atoms with E-state index in [9.17, 15) is 51.9 Å². The van der Waals surface area contributed by atoms with Gasteiger partial charge in [0.1, 0.15) is 0 Å². The molecule has 100 valence electrons. The predicted octanol–water partition coefficient (Wildman–Crippen LogP) is -4.78. The summed E-state index contributed by atoms with van der Waals surface area (Å²) in [5.74, 6) is 0. The summed E-state index contributed by atoms with van der Waals surface area (Å²) in [4.78, 5) is 0. The number of rotatable bonds is 2. The molecule has 0 aromatic rings. The van der Waals surface area contributed by atoms with Gasteiger partial charge >= 0.3 is 75.5 Å². The third-order valence-electron chi connectivity index (χ3n) is 0.500. The van der Waals surface area contributed by atoms with Crippen molar-refractivity contribution >= 4 is 112 Å². The van der Waals surface area contributed by atoms with Gasteiger partial charge in [-0.1, -0.05) is 0 Å². The molecule has 18 heavy (non-hydrogen) atoms. The minimum Gasteiger partial charge on any atom is -0.736 e. The first-order valence-corrected chi connectivity index (χ1v) is 9.00. The summed E-state index contributed by atoms with van der Waals surface area (Å²) < 4.78 is 110. The second-order valence-electron chi connectivity index (χ2n) is 1.63. The van der Waals surface area contributed by atoms with Crippen molar-refractivity contribution < 1.29 is 51.9 Å². The summed E-state index contributed by atoms with van der Waals surface area (Å²) in [6.45, 7) is 0. The fraction of sp³-hybridized carbons (Fsp3) is 0. The molecular formula is Ca2O12S4. The topological polar surface area (TPSA) is 229 Å². The third kappa shape index (κ3) is 13.2. The van der Waals surface area contributed by atoms with E-state index < -0.39 is 36.6 Å². The van der Waals surface area contributed by atoms with Crippen LogP contribution in [0.4, 0.5) is 0 Å². The van der Waals surface area contributed by atoms with E-state index >= 15 is 0 Å². The summed E-state index contributed by atoms with van der Waals surface area (Å²) in [5, 5.41) is 0. The largest absolute Gasteiger partial charge is 2.00 e. The zero-order valence-electron chi connectivity index (χ0n) is 7.95. The standard InChI is InChI=1S/2Ca.2H2O6S2/c;;2*1-7(2,3)8(4,5)6/h;;2*(H,1,2,3)(H,4,5,6)/q2*+2;;/p-4. The molecule has 0 amide bonds. The predicted molar refractivity (Wildman–Crippen MR) is 50.3 cm³/mol. The smallest absolute Gasteiger partial charge is 0.736 e. The molecule has 0 radical (unpaired) electrons. The van der Waals surface area contributed by atoms with Gasteiger partial charge in [0.05, 0.1) is 0 Å². The first-order chi connectivity index (χ1) is 6.50. The van der Waals surface area contributed by atoms with Crippen molar-refractivity contribution in [2.45, 2.75) is 0 Å². The Kier molecular flexibility index (Phi) is 14.5. The first kappa shape index (κ1) is 28.3. The Balaban J connectivity index is -0.0000000980. The van der Waals surface area contributed by atoms with Gasteiger partial charge in [0.25, 0.3) is 0 Å². The van der Waals surface area contributed by atoms with Crippen LogP contribution in [0.15, 0.2) is 0 Å². The van der Waals surface area contributed by atoms with E-state index in [4.69, 9.17) is 0 Å². The van der Waals surface area contributed by atoms with Crippen molar-refractivity contribution in [3.8, 4) is 0 Å². The molecule has 0 heterocycles. The molecule has 0 fully saturated rings. The van der Waals surface area contributed by atoms with E-state index in [2.05, 4.69) is 0 Å². The first-order valence-electron chi connectivity index (χ1n) is 2.33.